The van der Waals surface area contributed by atoms with Crippen LogP contribution in [0.4, 0.5) is 0 Å². The van der Waals surface area contributed by atoms with Crippen LogP contribution in [0.5, 0.6) is 0 Å². The summed E-state index contributed by atoms with van der Waals surface area (Å²) in [5.41, 5.74) is 0.799. The van der Waals surface area contributed by atoms with E-state index in [-0.39, 0.29) is 0 Å². The molecule has 1 rings (SSSR count). The summed E-state index contributed by atoms with van der Waals surface area (Å²) in [7, 11) is 2.31. The molecule has 0 spiro atoms. The van der Waals surface area contributed by atoms with E-state index >= 15 is 0 Å². The SMILES string of the molecule is CCCC1(C)CCC(C)C(C)(C)N1C. The van der Waals surface area contributed by atoms with E-state index in [1.165, 1.54) is 25.7 Å². The van der Waals surface area contributed by atoms with Gasteiger partial charge in [0.2, 0.25) is 0 Å². The summed E-state index contributed by atoms with van der Waals surface area (Å²) in [5, 5.41) is 0. The molecule has 0 aliphatic carbocycles. The topological polar surface area (TPSA) is 3.24 Å². The van der Waals surface area contributed by atoms with Crippen molar-refractivity contribution in [2.24, 2.45) is 5.92 Å². The monoisotopic (exact) mass is 197 g/mol. The molecule has 1 heterocycles. The minimum absolute atomic E-state index is 0.363. The van der Waals surface area contributed by atoms with Crippen molar-refractivity contribution in [3.05, 3.63) is 0 Å². The van der Waals surface area contributed by atoms with Gasteiger partial charge in [-0.2, -0.15) is 0 Å². The second kappa shape index (κ2) is 3.84. The van der Waals surface area contributed by atoms with Crippen LogP contribution >= 0.6 is 0 Å². The highest BCUT2D eigenvalue weighted by Crippen LogP contribution is 2.42. The lowest BCUT2D eigenvalue weighted by Crippen LogP contribution is -2.61. The van der Waals surface area contributed by atoms with Crippen LogP contribution in [0.25, 0.3) is 0 Å². The van der Waals surface area contributed by atoms with Crippen LogP contribution in [0, 0.1) is 5.92 Å². The van der Waals surface area contributed by atoms with E-state index in [2.05, 4.69) is 46.6 Å². The zero-order valence-electron chi connectivity index (χ0n) is 10.9. The Labute approximate surface area is 89.9 Å². The molecule has 1 fully saturated rings. The molecule has 0 aromatic carbocycles. The van der Waals surface area contributed by atoms with Crippen molar-refractivity contribution in [1.29, 1.82) is 0 Å². The molecule has 1 aliphatic heterocycles. The molecule has 1 heteroatoms. The predicted molar refractivity (Wildman–Crippen MR) is 63.6 cm³/mol. The summed E-state index contributed by atoms with van der Waals surface area (Å²) in [5.74, 6) is 0.817. The minimum Gasteiger partial charge on any atom is -0.296 e. The maximum absolute atomic E-state index is 2.62. The molecule has 1 nitrogen and oxygen atoms in total. The Balaban J connectivity index is 2.84. The lowest BCUT2D eigenvalue weighted by molar-refractivity contribution is -0.0522. The summed E-state index contributed by atoms with van der Waals surface area (Å²) >= 11 is 0. The third-order valence-electron chi connectivity index (χ3n) is 4.78. The summed E-state index contributed by atoms with van der Waals surface area (Å²) in [4.78, 5) is 2.62. The Morgan fingerprint density at radius 3 is 2.36 bits per heavy atom. The van der Waals surface area contributed by atoms with Crippen molar-refractivity contribution in [2.75, 3.05) is 7.05 Å². The molecule has 1 saturated heterocycles. The van der Waals surface area contributed by atoms with E-state index in [1.54, 1.807) is 0 Å². The number of hydrogen-bond acceptors (Lipinski definition) is 1. The Morgan fingerprint density at radius 2 is 1.86 bits per heavy atom. The average molecular weight is 197 g/mol. The highest BCUT2D eigenvalue weighted by Gasteiger charge is 2.44. The quantitative estimate of drug-likeness (QED) is 0.652. The third-order valence-corrected chi connectivity index (χ3v) is 4.78. The zero-order valence-corrected chi connectivity index (χ0v) is 10.9. The van der Waals surface area contributed by atoms with Crippen LogP contribution in [-0.2, 0) is 0 Å². The number of likely N-dealkylation sites (tertiary alicyclic amines) is 1. The maximum atomic E-state index is 2.62. The lowest BCUT2D eigenvalue weighted by Gasteiger charge is -2.55. The van der Waals surface area contributed by atoms with Crippen molar-refractivity contribution in [2.45, 2.75) is 71.4 Å². The molecular weight excluding hydrogens is 170 g/mol. The van der Waals surface area contributed by atoms with Gasteiger partial charge < -0.3 is 0 Å². The molecule has 0 N–H and O–H groups in total. The smallest absolute Gasteiger partial charge is 0.0183 e. The summed E-state index contributed by atoms with van der Waals surface area (Å²) in [6, 6.07) is 0. The predicted octanol–water partition coefficient (Wildman–Crippen LogP) is 3.69. The van der Waals surface area contributed by atoms with Gasteiger partial charge in [0.25, 0.3) is 0 Å². The second-order valence-electron chi connectivity index (χ2n) is 5.90. The summed E-state index contributed by atoms with van der Waals surface area (Å²) in [6.45, 7) is 11.9. The highest BCUT2D eigenvalue weighted by molar-refractivity contribution is 5.00. The van der Waals surface area contributed by atoms with E-state index in [4.69, 9.17) is 0 Å². The first-order chi connectivity index (χ1) is 6.34. The van der Waals surface area contributed by atoms with Crippen molar-refractivity contribution in [3.8, 4) is 0 Å². The Hall–Kier alpha value is -0.0400. The minimum atomic E-state index is 0.363. The van der Waals surface area contributed by atoms with Gasteiger partial charge in [-0.3, -0.25) is 4.90 Å². The third kappa shape index (κ3) is 1.84. The lowest BCUT2D eigenvalue weighted by atomic mass is 9.71. The van der Waals surface area contributed by atoms with Crippen LogP contribution in [-0.4, -0.2) is 23.0 Å². The first-order valence-electron chi connectivity index (χ1n) is 6.08. The normalized spacial score (nSPS) is 38.6. The Morgan fingerprint density at radius 1 is 1.29 bits per heavy atom. The van der Waals surface area contributed by atoms with Crippen LogP contribution in [0.15, 0.2) is 0 Å². The van der Waals surface area contributed by atoms with E-state index in [0.29, 0.717) is 11.1 Å². The molecule has 0 amide bonds. The highest BCUT2D eigenvalue weighted by atomic mass is 15.2. The van der Waals surface area contributed by atoms with Crippen molar-refractivity contribution in [1.82, 2.24) is 4.90 Å². The van der Waals surface area contributed by atoms with Crippen LogP contribution in [0.2, 0.25) is 0 Å². The standard InChI is InChI=1S/C13H27N/c1-7-9-13(5)10-8-11(2)12(3,4)14(13)6/h11H,7-10H2,1-6H3. The van der Waals surface area contributed by atoms with E-state index in [0.717, 1.165) is 5.92 Å². The summed E-state index contributed by atoms with van der Waals surface area (Å²) < 4.78 is 0. The van der Waals surface area contributed by atoms with Gasteiger partial charge in [0, 0.05) is 11.1 Å². The van der Waals surface area contributed by atoms with Crippen molar-refractivity contribution >= 4 is 0 Å². The molecule has 1 aliphatic rings. The molecule has 14 heavy (non-hydrogen) atoms. The van der Waals surface area contributed by atoms with Gasteiger partial charge >= 0.3 is 0 Å². The molecule has 84 valence electrons. The zero-order chi connectivity index (χ0) is 11.0. The van der Waals surface area contributed by atoms with E-state index < -0.39 is 0 Å². The largest absolute Gasteiger partial charge is 0.296 e. The second-order valence-corrected chi connectivity index (χ2v) is 5.90. The Bertz CT molecular complexity index is 197. The first-order valence-corrected chi connectivity index (χ1v) is 6.08. The number of hydrogen-bond donors (Lipinski definition) is 0. The van der Waals surface area contributed by atoms with Gasteiger partial charge in [0.05, 0.1) is 0 Å². The van der Waals surface area contributed by atoms with Gasteiger partial charge in [-0.25, -0.2) is 0 Å². The Kier molecular flexibility index (Phi) is 3.30. The molecule has 2 atom stereocenters. The molecule has 0 aromatic heterocycles. The summed E-state index contributed by atoms with van der Waals surface area (Å²) in [6.07, 6.45) is 5.38. The fourth-order valence-corrected chi connectivity index (χ4v) is 2.91. The number of piperidine rings is 1. The van der Waals surface area contributed by atoms with E-state index in [1.807, 2.05) is 0 Å². The van der Waals surface area contributed by atoms with Gasteiger partial charge in [-0.1, -0.05) is 20.3 Å². The molecule has 2 unspecified atom stereocenters. The van der Waals surface area contributed by atoms with E-state index in [9.17, 15) is 0 Å². The number of nitrogens with zero attached hydrogens (tertiary/aromatic N) is 1. The fourth-order valence-electron chi connectivity index (χ4n) is 2.91. The van der Waals surface area contributed by atoms with Gasteiger partial charge in [0.15, 0.2) is 0 Å². The van der Waals surface area contributed by atoms with Crippen LogP contribution < -0.4 is 0 Å². The first kappa shape index (κ1) is 12.0. The van der Waals surface area contributed by atoms with Gasteiger partial charge in [-0.15, -0.1) is 0 Å². The molecule has 0 bridgehead atoms. The van der Waals surface area contributed by atoms with Crippen LogP contribution in [0.1, 0.15) is 60.3 Å². The molecule has 0 saturated carbocycles. The molecule has 0 aromatic rings. The number of rotatable bonds is 2. The average Bonchev–Trinajstić information content (AvgIpc) is 2.11. The van der Waals surface area contributed by atoms with Crippen molar-refractivity contribution < 1.29 is 0 Å². The fraction of sp³-hybridized carbons (Fsp3) is 1.00. The van der Waals surface area contributed by atoms with Crippen LogP contribution in [0.3, 0.4) is 0 Å². The van der Waals surface area contributed by atoms with Gasteiger partial charge in [-0.05, 0) is 53.0 Å². The molecular formula is C13H27N. The maximum Gasteiger partial charge on any atom is 0.0183 e. The van der Waals surface area contributed by atoms with Gasteiger partial charge in [0.1, 0.15) is 0 Å². The molecule has 0 radical (unpaired) electrons. The van der Waals surface area contributed by atoms with Crippen molar-refractivity contribution in [3.63, 3.8) is 0 Å².